The van der Waals surface area contributed by atoms with Crippen LogP contribution >= 0.6 is 11.6 Å². The van der Waals surface area contributed by atoms with Gasteiger partial charge in [-0.05, 0) is 0 Å². The van der Waals surface area contributed by atoms with Crippen LogP contribution in [0.1, 0.15) is 18.4 Å². The Labute approximate surface area is 223 Å². The van der Waals surface area contributed by atoms with Gasteiger partial charge in [0.2, 0.25) is 0 Å². The molecule has 3 aromatic carbocycles. The zero-order valence-electron chi connectivity index (χ0n) is 18.9. The molecule has 1 aliphatic rings. The molecule has 2 unspecified atom stereocenters. The van der Waals surface area contributed by atoms with Crippen LogP contribution in [0.2, 0.25) is 5.02 Å². The fourth-order valence-corrected chi connectivity index (χ4v) is 12.4. The fourth-order valence-electron chi connectivity index (χ4n) is 4.03. The quantitative estimate of drug-likeness (QED) is 0.385. The van der Waals surface area contributed by atoms with Crippen molar-refractivity contribution in [3.63, 3.8) is 0 Å². The summed E-state index contributed by atoms with van der Waals surface area (Å²) in [6, 6.07) is 19.0. The van der Waals surface area contributed by atoms with Gasteiger partial charge in [0.05, 0.1) is 0 Å². The Kier molecular flexibility index (Phi) is 8.25. The van der Waals surface area contributed by atoms with Gasteiger partial charge < -0.3 is 5.11 Å². The molecule has 0 radical (unpaired) electrons. The van der Waals surface area contributed by atoms with Gasteiger partial charge in [-0.2, -0.15) is 0 Å². The number of sulfonamides is 1. The Balaban J connectivity index is 1.43. The van der Waals surface area contributed by atoms with Crippen LogP contribution in [0, 0.1) is 6.92 Å². The SMILES string of the molecule is Cc1cc(Cl)ccc1[AsH]C(=O)[AsH]c1ccc(-c2ccc(S(=O)(=O)N3CCC[C@H]3C(=O)O)cc2)cc1. The summed E-state index contributed by atoms with van der Waals surface area (Å²) < 4.78 is 29.5. The first-order valence-corrected chi connectivity index (χ1v) is 17.0. The van der Waals surface area contributed by atoms with Crippen molar-refractivity contribution < 1.29 is 23.1 Å². The first-order chi connectivity index (χ1) is 16.6. The molecule has 3 aromatic rings. The fraction of sp³-hybridized carbons (Fsp3) is 0.200. The average molecular weight is 636 g/mol. The number of carboxylic acids is 1. The molecule has 3 atom stereocenters. The Morgan fingerprint density at radius 3 is 2.20 bits per heavy atom. The van der Waals surface area contributed by atoms with Crippen LogP contribution in [0.4, 0.5) is 4.79 Å². The van der Waals surface area contributed by atoms with Crippen molar-refractivity contribution in [1.82, 2.24) is 4.31 Å². The van der Waals surface area contributed by atoms with Crippen molar-refractivity contribution in [3.8, 4) is 11.1 Å². The summed E-state index contributed by atoms with van der Waals surface area (Å²) in [5.41, 5.74) is 2.84. The molecule has 0 aliphatic carbocycles. The topological polar surface area (TPSA) is 91.8 Å². The number of carbonyl (C=O) groups is 2. The maximum absolute atomic E-state index is 12.9. The second-order valence-corrected chi connectivity index (χ2v) is 18.1. The number of hydrogen-bond acceptors (Lipinski definition) is 4. The second-order valence-electron chi connectivity index (χ2n) is 8.25. The number of carbonyl (C=O) groups excluding carboxylic acids is 1. The van der Waals surface area contributed by atoms with E-state index < -0.39 is 53.5 Å². The van der Waals surface area contributed by atoms with Crippen molar-refractivity contribution in [2.24, 2.45) is 0 Å². The summed E-state index contributed by atoms with van der Waals surface area (Å²) in [5.74, 6) is -1.12. The van der Waals surface area contributed by atoms with Gasteiger partial charge in [0.15, 0.2) is 0 Å². The normalized spacial score (nSPS) is 17.0. The predicted molar refractivity (Wildman–Crippen MR) is 142 cm³/mol. The van der Waals surface area contributed by atoms with Crippen LogP contribution in [-0.2, 0) is 14.8 Å². The van der Waals surface area contributed by atoms with Crippen LogP contribution in [0.3, 0.4) is 0 Å². The van der Waals surface area contributed by atoms with E-state index >= 15 is 0 Å². The second kappa shape index (κ2) is 11.0. The number of carboxylic acid groups (broad SMARTS) is 1. The number of halogens is 1. The van der Waals surface area contributed by atoms with Crippen molar-refractivity contribution in [2.75, 3.05) is 6.54 Å². The van der Waals surface area contributed by atoms with Crippen molar-refractivity contribution in [3.05, 3.63) is 77.3 Å². The Morgan fingerprint density at radius 2 is 1.60 bits per heavy atom. The van der Waals surface area contributed by atoms with E-state index in [1.54, 1.807) is 12.1 Å². The molecule has 182 valence electrons. The summed E-state index contributed by atoms with van der Waals surface area (Å²) in [7, 11) is -3.87. The number of benzene rings is 3. The van der Waals surface area contributed by atoms with Crippen LogP contribution in [-0.4, -0.2) is 71.2 Å². The molecule has 0 bridgehead atoms. The molecule has 0 aromatic heterocycles. The monoisotopic (exact) mass is 635 g/mol. The molecule has 1 N–H and O–H groups in total. The van der Waals surface area contributed by atoms with E-state index in [4.69, 9.17) is 11.6 Å². The van der Waals surface area contributed by atoms with E-state index in [-0.39, 0.29) is 11.4 Å². The Hall–Kier alpha value is -1.88. The van der Waals surface area contributed by atoms with Gasteiger partial charge >= 0.3 is 214 Å². The van der Waals surface area contributed by atoms with Gasteiger partial charge in [-0.25, -0.2) is 0 Å². The first-order valence-electron chi connectivity index (χ1n) is 10.9. The van der Waals surface area contributed by atoms with Crippen LogP contribution in [0.5, 0.6) is 0 Å². The van der Waals surface area contributed by atoms with E-state index in [2.05, 4.69) is 0 Å². The molecule has 10 heteroatoms. The van der Waals surface area contributed by atoms with Gasteiger partial charge in [-0.1, -0.05) is 0 Å². The van der Waals surface area contributed by atoms with Gasteiger partial charge in [-0.15, -0.1) is 0 Å². The zero-order valence-corrected chi connectivity index (χ0v) is 24.6. The number of nitrogens with zero attached hydrogens (tertiary/aromatic N) is 1. The molecule has 0 amide bonds. The summed E-state index contributed by atoms with van der Waals surface area (Å²) in [6.45, 7) is 2.20. The van der Waals surface area contributed by atoms with Gasteiger partial charge in [0.1, 0.15) is 0 Å². The molecule has 0 spiro atoms. The van der Waals surface area contributed by atoms with E-state index in [1.165, 1.54) is 12.1 Å². The zero-order chi connectivity index (χ0) is 25.2. The van der Waals surface area contributed by atoms with E-state index in [0.717, 1.165) is 29.7 Å². The van der Waals surface area contributed by atoms with Gasteiger partial charge in [0, 0.05) is 0 Å². The van der Waals surface area contributed by atoms with E-state index in [9.17, 15) is 23.1 Å². The third-order valence-electron chi connectivity index (χ3n) is 5.86. The molecule has 4 rings (SSSR count). The first kappa shape index (κ1) is 26.2. The maximum atomic E-state index is 12.9. The Morgan fingerprint density at radius 1 is 0.971 bits per heavy atom. The molecular formula is C25H24As2ClNO5S. The van der Waals surface area contributed by atoms with E-state index in [0.29, 0.717) is 21.2 Å². The number of hydrogen-bond donors (Lipinski definition) is 1. The van der Waals surface area contributed by atoms with E-state index in [1.807, 2.05) is 49.4 Å². The minimum atomic E-state index is -3.87. The average Bonchev–Trinajstić information content (AvgIpc) is 3.33. The third-order valence-corrected chi connectivity index (χ3v) is 14.7. The number of aryl methyl sites for hydroxylation is 1. The molecule has 1 fully saturated rings. The summed E-state index contributed by atoms with van der Waals surface area (Å²) in [6.07, 6.45) is 0.861. The van der Waals surface area contributed by atoms with Crippen LogP contribution in [0.25, 0.3) is 11.1 Å². The van der Waals surface area contributed by atoms with Crippen molar-refractivity contribution in [1.29, 1.82) is 0 Å². The summed E-state index contributed by atoms with van der Waals surface area (Å²) in [5, 5.41) is 10.0. The van der Waals surface area contributed by atoms with Crippen LogP contribution in [0.15, 0.2) is 71.6 Å². The van der Waals surface area contributed by atoms with Crippen molar-refractivity contribution >= 4 is 71.2 Å². The van der Waals surface area contributed by atoms with Crippen molar-refractivity contribution in [2.45, 2.75) is 30.7 Å². The standard InChI is InChI=1S/C25H24As2ClNO5S/c1-16-15-20(28)10-13-22(16)27-25(32)26-19-8-4-17(5-9-19)18-6-11-21(12-7-18)35(33,34)29-14-2-3-23(29)24(30)31/h4-13,15,23,26-27H,2-3,14H2,1H3,(H,30,31)/t23-/m0/s1. The molecule has 1 saturated heterocycles. The molecule has 1 aliphatic heterocycles. The van der Waals surface area contributed by atoms with Gasteiger partial charge in [-0.3, -0.25) is 4.79 Å². The molecule has 0 saturated carbocycles. The molecule has 6 nitrogen and oxygen atoms in total. The van der Waals surface area contributed by atoms with Crippen LogP contribution < -0.4 is 8.70 Å². The van der Waals surface area contributed by atoms with Gasteiger partial charge in [0.25, 0.3) is 0 Å². The predicted octanol–water partition coefficient (Wildman–Crippen LogP) is 2.50. The summed E-state index contributed by atoms with van der Waals surface area (Å²) >= 11 is 4.24. The Bertz CT molecular complexity index is 1360. The summed E-state index contributed by atoms with van der Waals surface area (Å²) in [4.78, 5) is 24.2. The molecular weight excluding hydrogens is 612 g/mol. The minimum absolute atomic E-state index is 0.0882. The number of aliphatic carboxylic acids is 1. The molecule has 1 heterocycles. The third kappa shape index (κ3) is 6.10. The number of rotatable bonds is 8. The molecule has 35 heavy (non-hydrogen) atoms.